The summed E-state index contributed by atoms with van der Waals surface area (Å²) < 4.78 is 26.8. The molecule has 112 valence electrons. The topological polar surface area (TPSA) is 12.0 Å². The van der Waals surface area contributed by atoms with Crippen molar-refractivity contribution in [1.29, 1.82) is 0 Å². The number of hydrogen-bond acceptors (Lipinski definition) is 2. The Balaban J connectivity index is 2.07. The maximum atomic E-state index is 13.8. The molecule has 20 heavy (non-hydrogen) atoms. The molecule has 4 heteroatoms. The van der Waals surface area contributed by atoms with Crippen LogP contribution in [0.15, 0.2) is 23.1 Å². The van der Waals surface area contributed by atoms with Gasteiger partial charge in [-0.2, -0.15) is 0 Å². The summed E-state index contributed by atoms with van der Waals surface area (Å²) >= 11 is 1.56. The highest BCUT2D eigenvalue weighted by Crippen LogP contribution is 2.38. The lowest BCUT2D eigenvalue weighted by Crippen LogP contribution is -2.40. The van der Waals surface area contributed by atoms with E-state index < -0.39 is 11.6 Å². The number of thioether (sulfide) groups is 1. The van der Waals surface area contributed by atoms with Gasteiger partial charge < -0.3 is 5.32 Å². The molecular formula is C16H23F2NS. The van der Waals surface area contributed by atoms with Crippen molar-refractivity contribution in [1.82, 2.24) is 5.32 Å². The standard InChI is InChI=1S/C16H23F2NS/c1-3-4-11-5-7-14(19-2)16(9-11)20-15-8-6-12(17)10-13(15)18/h6,8,10-11,14,16,19H,3-5,7,9H2,1-2H3. The van der Waals surface area contributed by atoms with Crippen molar-refractivity contribution in [2.75, 3.05) is 7.05 Å². The quantitative estimate of drug-likeness (QED) is 0.852. The summed E-state index contributed by atoms with van der Waals surface area (Å²) in [6.45, 7) is 2.21. The lowest BCUT2D eigenvalue weighted by molar-refractivity contribution is 0.295. The fourth-order valence-electron chi connectivity index (χ4n) is 3.08. The largest absolute Gasteiger partial charge is 0.316 e. The molecule has 0 saturated heterocycles. The summed E-state index contributed by atoms with van der Waals surface area (Å²) in [7, 11) is 1.97. The molecule has 0 bridgehead atoms. The molecule has 1 aromatic rings. The van der Waals surface area contributed by atoms with Gasteiger partial charge in [-0.15, -0.1) is 11.8 Å². The number of hydrogen-bond donors (Lipinski definition) is 1. The highest BCUT2D eigenvalue weighted by atomic mass is 32.2. The fourth-order valence-corrected chi connectivity index (χ4v) is 4.53. The molecule has 3 unspecified atom stereocenters. The van der Waals surface area contributed by atoms with Crippen molar-refractivity contribution >= 4 is 11.8 Å². The lowest BCUT2D eigenvalue weighted by Gasteiger charge is -2.35. The number of benzene rings is 1. The third-order valence-electron chi connectivity index (χ3n) is 4.14. The molecule has 2 rings (SSSR count). The Hall–Kier alpha value is -0.610. The first-order valence-corrected chi connectivity index (χ1v) is 8.31. The smallest absolute Gasteiger partial charge is 0.139 e. The lowest BCUT2D eigenvalue weighted by atomic mass is 9.83. The molecule has 0 spiro atoms. The van der Waals surface area contributed by atoms with E-state index in [0.29, 0.717) is 16.2 Å². The van der Waals surface area contributed by atoms with E-state index in [-0.39, 0.29) is 0 Å². The maximum Gasteiger partial charge on any atom is 0.139 e. The fraction of sp³-hybridized carbons (Fsp3) is 0.625. The molecule has 3 atom stereocenters. The summed E-state index contributed by atoms with van der Waals surface area (Å²) in [5.41, 5.74) is 0. The molecule has 0 heterocycles. The van der Waals surface area contributed by atoms with E-state index in [0.717, 1.165) is 24.8 Å². The molecule has 1 saturated carbocycles. The van der Waals surface area contributed by atoms with Crippen LogP contribution in [0.1, 0.15) is 39.0 Å². The second-order valence-corrected chi connectivity index (χ2v) is 6.87. The van der Waals surface area contributed by atoms with Crippen LogP contribution in [-0.2, 0) is 0 Å². The summed E-state index contributed by atoms with van der Waals surface area (Å²) in [5.74, 6) is -0.211. The first-order valence-electron chi connectivity index (χ1n) is 7.43. The molecule has 1 nitrogen and oxygen atoms in total. The van der Waals surface area contributed by atoms with Crippen molar-refractivity contribution in [2.45, 2.75) is 55.2 Å². The van der Waals surface area contributed by atoms with Crippen molar-refractivity contribution in [3.8, 4) is 0 Å². The Labute approximate surface area is 124 Å². The van der Waals surface area contributed by atoms with E-state index in [1.807, 2.05) is 7.05 Å². The Morgan fingerprint density at radius 2 is 2.10 bits per heavy atom. The Bertz CT molecular complexity index is 438. The predicted molar refractivity (Wildman–Crippen MR) is 81.1 cm³/mol. The van der Waals surface area contributed by atoms with E-state index in [9.17, 15) is 8.78 Å². The van der Waals surface area contributed by atoms with E-state index in [4.69, 9.17) is 0 Å². The first kappa shape index (κ1) is 15.8. The van der Waals surface area contributed by atoms with Gasteiger partial charge in [0, 0.05) is 22.3 Å². The molecule has 0 amide bonds. The molecule has 0 radical (unpaired) electrons. The zero-order valence-electron chi connectivity index (χ0n) is 12.2. The van der Waals surface area contributed by atoms with Crippen LogP contribution in [-0.4, -0.2) is 18.3 Å². The summed E-state index contributed by atoms with van der Waals surface area (Å²) in [4.78, 5) is 0.564. The van der Waals surface area contributed by atoms with Crippen molar-refractivity contribution in [2.24, 2.45) is 5.92 Å². The maximum absolute atomic E-state index is 13.8. The molecule has 0 aliphatic heterocycles. The first-order chi connectivity index (χ1) is 9.63. The summed E-state index contributed by atoms with van der Waals surface area (Å²) in [6, 6.07) is 4.29. The van der Waals surface area contributed by atoms with Gasteiger partial charge in [0.2, 0.25) is 0 Å². The monoisotopic (exact) mass is 299 g/mol. The molecule has 1 aliphatic rings. The van der Waals surface area contributed by atoms with E-state index >= 15 is 0 Å². The zero-order chi connectivity index (χ0) is 14.5. The Morgan fingerprint density at radius 3 is 2.75 bits per heavy atom. The van der Waals surface area contributed by atoms with Gasteiger partial charge in [-0.25, -0.2) is 8.78 Å². The minimum absolute atomic E-state index is 0.366. The average molecular weight is 299 g/mol. The van der Waals surface area contributed by atoms with E-state index in [1.165, 1.54) is 25.3 Å². The normalized spacial score (nSPS) is 26.7. The van der Waals surface area contributed by atoms with Gasteiger partial charge in [0.1, 0.15) is 11.6 Å². The third-order valence-corrected chi connectivity index (χ3v) is 5.55. The van der Waals surface area contributed by atoms with Crippen LogP contribution in [0.25, 0.3) is 0 Å². The number of halogens is 2. The average Bonchev–Trinajstić information content (AvgIpc) is 2.43. The van der Waals surface area contributed by atoms with Gasteiger partial charge in [0.05, 0.1) is 0 Å². The Kier molecular flexibility index (Phi) is 5.85. The second kappa shape index (κ2) is 7.41. The highest BCUT2D eigenvalue weighted by Gasteiger charge is 2.30. The molecule has 1 N–H and O–H groups in total. The van der Waals surface area contributed by atoms with E-state index in [1.54, 1.807) is 17.8 Å². The minimum Gasteiger partial charge on any atom is -0.316 e. The molecular weight excluding hydrogens is 276 g/mol. The van der Waals surface area contributed by atoms with Crippen LogP contribution in [0, 0.1) is 17.6 Å². The van der Waals surface area contributed by atoms with Crippen LogP contribution >= 0.6 is 11.8 Å². The number of nitrogens with one attached hydrogen (secondary N) is 1. The van der Waals surface area contributed by atoms with Gasteiger partial charge in [0.25, 0.3) is 0 Å². The SMILES string of the molecule is CCCC1CCC(NC)C(Sc2ccc(F)cc2F)C1. The van der Waals surface area contributed by atoms with Crippen molar-refractivity contribution in [3.05, 3.63) is 29.8 Å². The Morgan fingerprint density at radius 1 is 1.30 bits per heavy atom. The third kappa shape index (κ3) is 3.95. The van der Waals surface area contributed by atoms with Crippen LogP contribution < -0.4 is 5.32 Å². The van der Waals surface area contributed by atoms with Gasteiger partial charge >= 0.3 is 0 Å². The zero-order valence-corrected chi connectivity index (χ0v) is 13.0. The molecule has 1 aromatic carbocycles. The molecule has 0 aromatic heterocycles. The van der Waals surface area contributed by atoms with Crippen LogP contribution in [0.3, 0.4) is 0 Å². The summed E-state index contributed by atoms with van der Waals surface area (Å²) in [6.07, 6.45) is 5.96. The van der Waals surface area contributed by atoms with E-state index in [2.05, 4.69) is 12.2 Å². The van der Waals surface area contributed by atoms with Crippen LogP contribution in [0.5, 0.6) is 0 Å². The highest BCUT2D eigenvalue weighted by molar-refractivity contribution is 8.00. The van der Waals surface area contributed by atoms with Crippen molar-refractivity contribution < 1.29 is 8.78 Å². The predicted octanol–water partition coefficient (Wildman–Crippen LogP) is 4.61. The van der Waals surface area contributed by atoms with Gasteiger partial charge in [0.15, 0.2) is 0 Å². The van der Waals surface area contributed by atoms with Gasteiger partial charge in [-0.3, -0.25) is 0 Å². The summed E-state index contributed by atoms with van der Waals surface area (Å²) in [5, 5.41) is 3.72. The van der Waals surface area contributed by atoms with Crippen LogP contribution in [0.4, 0.5) is 8.78 Å². The van der Waals surface area contributed by atoms with Gasteiger partial charge in [-0.1, -0.05) is 19.8 Å². The van der Waals surface area contributed by atoms with Crippen molar-refractivity contribution in [3.63, 3.8) is 0 Å². The number of rotatable bonds is 5. The van der Waals surface area contributed by atoms with Crippen LogP contribution in [0.2, 0.25) is 0 Å². The minimum atomic E-state index is -0.510. The molecule has 1 aliphatic carbocycles. The van der Waals surface area contributed by atoms with Gasteiger partial charge in [-0.05, 0) is 44.4 Å². The molecule has 1 fully saturated rings. The second-order valence-electron chi connectivity index (χ2n) is 5.59.